The van der Waals surface area contributed by atoms with Crippen molar-refractivity contribution in [3.8, 4) is 5.75 Å². The third-order valence-corrected chi connectivity index (χ3v) is 4.75. The van der Waals surface area contributed by atoms with Crippen LogP contribution in [0.2, 0.25) is 5.02 Å². The Labute approximate surface area is 154 Å². The molecule has 1 aromatic heterocycles. The van der Waals surface area contributed by atoms with Gasteiger partial charge in [0.2, 0.25) is 0 Å². The molecule has 0 aliphatic rings. The van der Waals surface area contributed by atoms with Crippen LogP contribution in [0.5, 0.6) is 5.75 Å². The molecule has 0 aliphatic carbocycles. The van der Waals surface area contributed by atoms with Crippen LogP contribution in [0.15, 0.2) is 53.7 Å². The zero-order valence-electron chi connectivity index (χ0n) is 13.4. The number of fused-ring (bicyclic) bond motifs is 1. The van der Waals surface area contributed by atoms with Gasteiger partial charge in [-0.2, -0.15) is 0 Å². The van der Waals surface area contributed by atoms with Crippen LogP contribution in [0, 0.1) is 0 Å². The summed E-state index contributed by atoms with van der Waals surface area (Å²) >= 11 is 7.38. The minimum absolute atomic E-state index is 0.0464. The monoisotopic (exact) mass is 375 g/mol. The number of ether oxygens (including phenoxy) is 1. The first kappa shape index (κ1) is 17.6. The molecule has 0 spiro atoms. The fourth-order valence-electron chi connectivity index (χ4n) is 2.41. The zero-order valence-corrected chi connectivity index (χ0v) is 14.9. The first-order valence-corrected chi connectivity index (χ1v) is 9.16. The second-order valence-electron chi connectivity index (χ2n) is 5.31. The van der Waals surface area contributed by atoms with Gasteiger partial charge in [-0.15, -0.1) is 0 Å². The third kappa shape index (κ3) is 4.67. The normalized spacial score (nSPS) is 10.9. The number of nitrogens with zero attached hydrogens (tertiary/aromatic N) is 2. The van der Waals surface area contributed by atoms with Crippen LogP contribution in [-0.4, -0.2) is 27.9 Å². The second kappa shape index (κ2) is 8.27. The molecule has 0 saturated heterocycles. The number of hydrogen-bond acceptors (Lipinski definition) is 5. The van der Waals surface area contributed by atoms with Crippen LogP contribution in [0.3, 0.4) is 0 Å². The van der Waals surface area contributed by atoms with Gasteiger partial charge in [-0.05, 0) is 36.4 Å². The van der Waals surface area contributed by atoms with E-state index in [0.29, 0.717) is 23.9 Å². The van der Waals surface area contributed by atoms with E-state index in [1.54, 1.807) is 12.1 Å². The molecule has 2 aromatic carbocycles. The summed E-state index contributed by atoms with van der Waals surface area (Å²) in [5.41, 5.74) is 1.77. The van der Waals surface area contributed by atoms with Gasteiger partial charge in [0.1, 0.15) is 5.75 Å². The number of aryl methyl sites for hydroxylation is 1. The van der Waals surface area contributed by atoms with E-state index in [0.717, 1.165) is 21.9 Å². The highest BCUT2D eigenvalue weighted by molar-refractivity contribution is 7.99. The van der Waals surface area contributed by atoms with Crippen LogP contribution in [0.1, 0.15) is 6.42 Å². The predicted molar refractivity (Wildman–Crippen MR) is 97.0 cm³/mol. The van der Waals surface area contributed by atoms with Gasteiger partial charge in [0, 0.05) is 29.7 Å². The van der Waals surface area contributed by atoms with Crippen LogP contribution >= 0.6 is 23.4 Å². The van der Waals surface area contributed by atoms with Crippen molar-refractivity contribution >= 4 is 40.4 Å². The van der Waals surface area contributed by atoms with Crippen molar-refractivity contribution in [2.24, 2.45) is 0 Å². The number of aromatic nitrogens is 2. The van der Waals surface area contributed by atoms with Gasteiger partial charge in [0.15, 0.2) is 5.16 Å². The number of carbonyl (C=O) groups excluding carboxylic acids is 1. The first-order valence-electron chi connectivity index (χ1n) is 7.80. The van der Waals surface area contributed by atoms with Crippen molar-refractivity contribution in [2.75, 3.05) is 12.4 Å². The minimum Gasteiger partial charge on any atom is -0.550 e. The number of thioether (sulfide) groups is 1. The number of halogens is 1. The van der Waals surface area contributed by atoms with Crippen molar-refractivity contribution in [1.82, 2.24) is 9.55 Å². The molecule has 0 fully saturated rings. The molecule has 130 valence electrons. The van der Waals surface area contributed by atoms with E-state index in [9.17, 15) is 9.90 Å². The zero-order chi connectivity index (χ0) is 17.6. The second-order valence-corrected chi connectivity index (χ2v) is 6.81. The quantitative estimate of drug-likeness (QED) is 0.447. The van der Waals surface area contributed by atoms with Crippen LogP contribution in [0.4, 0.5) is 0 Å². The number of imidazole rings is 1. The lowest BCUT2D eigenvalue weighted by Crippen LogP contribution is -2.23. The number of carboxylic acids is 1. The van der Waals surface area contributed by atoms with Gasteiger partial charge in [-0.25, -0.2) is 4.98 Å². The molecule has 0 radical (unpaired) electrons. The van der Waals surface area contributed by atoms with E-state index >= 15 is 0 Å². The molecular weight excluding hydrogens is 360 g/mol. The van der Waals surface area contributed by atoms with Crippen LogP contribution in [-0.2, 0) is 11.3 Å². The van der Waals surface area contributed by atoms with Gasteiger partial charge in [0.05, 0.1) is 17.6 Å². The van der Waals surface area contributed by atoms with Crippen molar-refractivity contribution in [3.63, 3.8) is 0 Å². The Hall–Kier alpha value is -2.18. The van der Waals surface area contributed by atoms with Crippen molar-refractivity contribution in [2.45, 2.75) is 18.1 Å². The number of rotatable bonds is 8. The average Bonchev–Trinajstić information content (AvgIpc) is 2.96. The summed E-state index contributed by atoms with van der Waals surface area (Å²) in [7, 11) is 0. The van der Waals surface area contributed by atoms with Gasteiger partial charge >= 0.3 is 0 Å². The number of carboxylic acid groups (broad SMARTS) is 1. The number of para-hydroxylation sites is 2. The fraction of sp³-hybridized carbons (Fsp3) is 0.222. The smallest absolute Gasteiger partial charge is 0.169 e. The number of carbonyl (C=O) groups is 1. The highest BCUT2D eigenvalue weighted by atomic mass is 35.5. The molecule has 0 amide bonds. The van der Waals surface area contributed by atoms with Crippen molar-refractivity contribution in [3.05, 3.63) is 53.6 Å². The highest BCUT2D eigenvalue weighted by Gasteiger charge is 2.10. The Morgan fingerprint density at radius 1 is 1.20 bits per heavy atom. The van der Waals surface area contributed by atoms with E-state index in [4.69, 9.17) is 16.3 Å². The average molecular weight is 376 g/mol. The molecular formula is C18H16ClN2O3S-. The standard InChI is InChI=1S/C18H17ClN2O3S/c19-13-5-7-14(8-6-13)24-11-12-25-18-20-15-3-1-2-4-16(15)21(18)10-9-17(22)23/h1-8H,9-12H2,(H,22,23)/p-1. The van der Waals surface area contributed by atoms with E-state index in [-0.39, 0.29) is 6.42 Å². The molecule has 5 nitrogen and oxygen atoms in total. The summed E-state index contributed by atoms with van der Waals surface area (Å²) in [6.07, 6.45) is -0.0464. The fourth-order valence-corrected chi connectivity index (χ4v) is 3.39. The summed E-state index contributed by atoms with van der Waals surface area (Å²) in [6, 6.07) is 14.9. The minimum atomic E-state index is -1.07. The molecule has 3 aromatic rings. The molecule has 1 heterocycles. The van der Waals surface area contributed by atoms with Gasteiger partial charge < -0.3 is 19.2 Å². The van der Waals surface area contributed by atoms with Crippen molar-refractivity contribution in [1.29, 1.82) is 0 Å². The van der Waals surface area contributed by atoms with Crippen LogP contribution in [0.25, 0.3) is 11.0 Å². The topological polar surface area (TPSA) is 67.2 Å². The van der Waals surface area contributed by atoms with Crippen molar-refractivity contribution < 1.29 is 14.6 Å². The number of hydrogen-bond donors (Lipinski definition) is 0. The van der Waals surface area contributed by atoms with E-state index in [1.165, 1.54) is 11.8 Å². The lowest BCUT2D eigenvalue weighted by Gasteiger charge is -2.10. The van der Waals surface area contributed by atoms with E-state index < -0.39 is 5.97 Å². The highest BCUT2D eigenvalue weighted by Crippen LogP contribution is 2.24. The molecule has 0 saturated carbocycles. The summed E-state index contributed by atoms with van der Waals surface area (Å²) in [4.78, 5) is 15.4. The Morgan fingerprint density at radius 3 is 2.72 bits per heavy atom. The van der Waals surface area contributed by atoms with E-state index in [1.807, 2.05) is 41.0 Å². The predicted octanol–water partition coefficient (Wildman–Crippen LogP) is 3.00. The SMILES string of the molecule is O=C([O-])CCn1c(SCCOc2ccc(Cl)cc2)nc2ccccc21. The lowest BCUT2D eigenvalue weighted by molar-refractivity contribution is -0.305. The maximum atomic E-state index is 10.8. The van der Waals surface area contributed by atoms with Gasteiger partial charge in [-0.3, -0.25) is 0 Å². The third-order valence-electron chi connectivity index (χ3n) is 3.56. The molecule has 0 atom stereocenters. The number of aliphatic carboxylic acids is 1. The maximum absolute atomic E-state index is 10.8. The Bertz CT molecular complexity index is 864. The van der Waals surface area contributed by atoms with Gasteiger partial charge in [0.25, 0.3) is 0 Å². The largest absolute Gasteiger partial charge is 0.550 e. The van der Waals surface area contributed by atoms with Crippen LogP contribution < -0.4 is 9.84 Å². The molecule has 7 heteroatoms. The van der Waals surface area contributed by atoms with Gasteiger partial charge in [-0.1, -0.05) is 35.5 Å². The molecule has 25 heavy (non-hydrogen) atoms. The Balaban J connectivity index is 1.64. The molecule has 0 aliphatic heterocycles. The Morgan fingerprint density at radius 2 is 1.96 bits per heavy atom. The molecule has 0 unspecified atom stereocenters. The summed E-state index contributed by atoms with van der Waals surface area (Å²) < 4.78 is 7.59. The Kier molecular flexibility index (Phi) is 5.83. The summed E-state index contributed by atoms with van der Waals surface area (Å²) in [6.45, 7) is 0.846. The summed E-state index contributed by atoms with van der Waals surface area (Å²) in [5, 5.41) is 12.3. The molecule has 0 N–H and O–H groups in total. The molecule has 3 rings (SSSR count). The first-order chi connectivity index (χ1) is 12.1. The van der Waals surface area contributed by atoms with E-state index in [2.05, 4.69) is 4.98 Å². The number of benzene rings is 2. The maximum Gasteiger partial charge on any atom is 0.169 e. The molecule has 0 bridgehead atoms. The lowest BCUT2D eigenvalue weighted by atomic mass is 10.3. The summed E-state index contributed by atoms with van der Waals surface area (Å²) in [5.74, 6) is 0.382.